The molecule has 0 amide bonds. The molecule has 20 heavy (non-hydrogen) atoms. The smallest absolute Gasteiger partial charge is 0.140 e. The first-order valence-electron chi connectivity index (χ1n) is 6.12. The third-order valence-electron chi connectivity index (χ3n) is 3.17. The van der Waals surface area contributed by atoms with E-state index in [1.807, 2.05) is 36.5 Å². The van der Waals surface area contributed by atoms with Gasteiger partial charge in [0.2, 0.25) is 0 Å². The summed E-state index contributed by atoms with van der Waals surface area (Å²) in [4.78, 5) is 8.66. The van der Waals surface area contributed by atoms with Crippen LogP contribution in [0.2, 0.25) is 0 Å². The third kappa shape index (κ3) is 2.17. The molecule has 0 fully saturated rings. The maximum absolute atomic E-state index is 8.84. The Balaban J connectivity index is 2.29. The number of benzene rings is 1. The fourth-order valence-corrected chi connectivity index (χ4v) is 2.66. The van der Waals surface area contributed by atoms with Gasteiger partial charge in [0.15, 0.2) is 0 Å². The van der Waals surface area contributed by atoms with Crippen molar-refractivity contribution in [1.29, 1.82) is 5.26 Å². The SMILES string of the molecule is N#Cc1ccc(-c2c(CBr)ncc3ccccc23)cn1. The summed E-state index contributed by atoms with van der Waals surface area (Å²) in [7, 11) is 0. The van der Waals surface area contributed by atoms with E-state index in [4.69, 9.17) is 5.26 Å². The number of nitriles is 1. The monoisotopic (exact) mass is 323 g/mol. The average Bonchev–Trinajstić information content (AvgIpc) is 2.54. The van der Waals surface area contributed by atoms with Gasteiger partial charge in [-0.1, -0.05) is 40.2 Å². The van der Waals surface area contributed by atoms with E-state index >= 15 is 0 Å². The third-order valence-corrected chi connectivity index (χ3v) is 3.70. The second-order valence-electron chi connectivity index (χ2n) is 4.34. The van der Waals surface area contributed by atoms with Crippen LogP contribution in [0.15, 0.2) is 48.8 Å². The molecule has 1 aromatic carbocycles. The summed E-state index contributed by atoms with van der Waals surface area (Å²) in [5.41, 5.74) is 3.43. The molecule has 2 heterocycles. The molecule has 0 radical (unpaired) electrons. The molecule has 4 heteroatoms. The first-order chi connectivity index (χ1) is 9.83. The van der Waals surface area contributed by atoms with Crippen LogP contribution >= 0.6 is 15.9 Å². The highest BCUT2D eigenvalue weighted by Gasteiger charge is 2.11. The predicted molar refractivity (Wildman–Crippen MR) is 82.3 cm³/mol. The maximum Gasteiger partial charge on any atom is 0.140 e. The van der Waals surface area contributed by atoms with E-state index in [-0.39, 0.29) is 0 Å². The van der Waals surface area contributed by atoms with Crippen molar-refractivity contribution in [3.63, 3.8) is 0 Å². The zero-order valence-electron chi connectivity index (χ0n) is 10.5. The van der Waals surface area contributed by atoms with E-state index in [1.54, 1.807) is 12.3 Å². The van der Waals surface area contributed by atoms with Gasteiger partial charge in [-0.15, -0.1) is 0 Å². The molecule has 0 bridgehead atoms. The van der Waals surface area contributed by atoms with Crippen molar-refractivity contribution in [1.82, 2.24) is 9.97 Å². The second kappa shape index (κ2) is 5.40. The van der Waals surface area contributed by atoms with Gasteiger partial charge in [0.05, 0.1) is 5.69 Å². The van der Waals surface area contributed by atoms with Crippen LogP contribution in [-0.4, -0.2) is 9.97 Å². The lowest BCUT2D eigenvalue weighted by Gasteiger charge is -2.10. The minimum absolute atomic E-state index is 0.419. The van der Waals surface area contributed by atoms with Crippen LogP contribution in [0.25, 0.3) is 21.9 Å². The first kappa shape index (κ1) is 12.8. The normalized spacial score (nSPS) is 10.4. The molecule has 0 spiro atoms. The van der Waals surface area contributed by atoms with E-state index < -0.39 is 0 Å². The van der Waals surface area contributed by atoms with Gasteiger partial charge in [-0.3, -0.25) is 4.98 Å². The lowest BCUT2D eigenvalue weighted by Crippen LogP contribution is -1.94. The van der Waals surface area contributed by atoms with E-state index in [0.717, 1.165) is 27.6 Å². The minimum Gasteiger partial charge on any atom is -0.259 e. The molecule has 0 unspecified atom stereocenters. The van der Waals surface area contributed by atoms with Gasteiger partial charge in [0.25, 0.3) is 0 Å². The Bertz CT molecular complexity index is 804. The summed E-state index contributed by atoms with van der Waals surface area (Å²) in [6.07, 6.45) is 3.61. The van der Waals surface area contributed by atoms with Gasteiger partial charge in [0.1, 0.15) is 11.8 Å². The second-order valence-corrected chi connectivity index (χ2v) is 4.91. The maximum atomic E-state index is 8.84. The molecule has 0 N–H and O–H groups in total. The van der Waals surface area contributed by atoms with Gasteiger partial charge in [-0.2, -0.15) is 5.26 Å². The van der Waals surface area contributed by atoms with E-state index in [0.29, 0.717) is 11.0 Å². The van der Waals surface area contributed by atoms with Gasteiger partial charge in [0, 0.05) is 34.2 Å². The largest absolute Gasteiger partial charge is 0.259 e. The Kier molecular flexibility index (Phi) is 3.44. The molecule has 0 saturated carbocycles. The Labute approximate surface area is 125 Å². The Morgan fingerprint density at radius 1 is 1.05 bits per heavy atom. The minimum atomic E-state index is 0.419. The van der Waals surface area contributed by atoms with Crippen molar-refractivity contribution in [3.8, 4) is 17.2 Å². The highest BCUT2D eigenvalue weighted by Crippen LogP contribution is 2.31. The highest BCUT2D eigenvalue weighted by atomic mass is 79.9. The van der Waals surface area contributed by atoms with Gasteiger partial charge < -0.3 is 0 Å². The summed E-state index contributed by atoms with van der Waals surface area (Å²) in [6.45, 7) is 0. The molecule has 0 saturated heterocycles. The fourth-order valence-electron chi connectivity index (χ4n) is 2.24. The van der Waals surface area contributed by atoms with Gasteiger partial charge >= 0.3 is 0 Å². The van der Waals surface area contributed by atoms with Crippen molar-refractivity contribution < 1.29 is 0 Å². The van der Waals surface area contributed by atoms with Gasteiger partial charge in [-0.25, -0.2) is 4.98 Å². The topological polar surface area (TPSA) is 49.6 Å². The molecular formula is C16H10BrN3. The van der Waals surface area contributed by atoms with Crippen LogP contribution in [0.5, 0.6) is 0 Å². The molecule has 96 valence electrons. The molecule has 2 aromatic heterocycles. The number of nitrogens with zero attached hydrogens (tertiary/aromatic N) is 3. The fraction of sp³-hybridized carbons (Fsp3) is 0.0625. The lowest BCUT2D eigenvalue weighted by atomic mass is 9.99. The number of aromatic nitrogens is 2. The zero-order chi connectivity index (χ0) is 13.9. The summed E-state index contributed by atoms with van der Waals surface area (Å²) in [5, 5.41) is 11.7. The molecular weight excluding hydrogens is 314 g/mol. The van der Waals surface area contributed by atoms with Crippen molar-refractivity contribution in [2.24, 2.45) is 0 Å². The summed E-state index contributed by atoms with van der Waals surface area (Å²) < 4.78 is 0. The lowest BCUT2D eigenvalue weighted by molar-refractivity contribution is 1.20. The van der Waals surface area contributed by atoms with Crippen molar-refractivity contribution >= 4 is 26.7 Å². The summed E-state index contributed by atoms with van der Waals surface area (Å²) >= 11 is 3.48. The molecule has 3 rings (SSSR count). The predicted octanol–water partition coefficient (Wildman–Crippen LogP) is 4.06. The first-order valence-corrected chi connectivity index (χ1v) is 7.24. The number of hydrogen-bond donors (Lipinski definition) is 0. The molecule has 0 atom stereocenters. The van der Waals surface area contributed by atoms with Crippen LogP contribution in [-0.2, 0) is 5.33 Å². The quantitative estimate of drug-likeness (QED) is 0.668. The number of hydrogen-bond acceptors (Lipinski definition) is 3. The van der Waals surface area contributed by atoms with Crippen LogP contribution in [0.4, 0.5) is 0 Å². The van der Waals surface area contributed by atoms with Crippen LogP contribution < -0.4 is 0 Å². The molecule has 3 nitrogen and oxygen atoms in total. The summed E-state index contributed by atoms with van der Waals surface area (Å²) in [5.74, 6) is 0. The van der Waals surface area contributed by atoms with Crippen LogP contribution in [0.1, 0.15) is 11.4 Å². The Morgan fingerprint density at radius 2 is 1.90 bits per heavy atom. The standard InChI is InChI=1S/C16H10BrN3/c17-7-15-16(12-5-6-13(8-18)19-10-12)14-4-2-1-3-11(14)9-20-15/h1-6,9-10H,7H2. The van der Waals surface area contributed by atoms with E-state index in [2.05, 4.69) is 32.0 Å². The van der Waals surface area contributed by atoms with Crippen LogP contribution in [0, 0.1) is 11.3 Å². The van der Waals surface area contributed by atoms with Crippen molar-refractivity contribution in [2.45, 2.75) is 5.33 Å². The summed E-state index contributed by atoms with van der Waals surface area (Å²) in [6, 6.07) is 13.8. The molecule has 3 aromatic rings. The van der Waals surface area contributed by atoms with Crippen molar-refractivity contribution in [2.75, 3.05) is 0 Å². The van der Waals surface area contributed by atoms with Gasteiger partial charge in [-0.05, 0) is 17.5 Å². The number of pyridine rings is 2. The van der Waals surface area contributed by atoms with Crippen molar-refractivity contribution in [3.05, 3.63) is 60.2 Å². The Morgan fingerprint density at radius 3 is 2.60 bits per heavy atom. The Hall–Kier alpha value is -2.25. The number of halogens is 1. The van der Waals surface area contributed by atoms with E-state index in [9.17, 15) is 0 Å². The van der Waals surface area contributed by atoms with E-state index in [1.165, 1.54) is 0 Å². The number of rotatable bonds is 2. The van der Waals surface area contributed by atoms with Crippen LogP contribution in [0.3, 0.4) is 0 Å². The molecule has 0 aliphatic heterocycles. The number of fused-ring (bicyclic) bond motifs is 1. The average molecular weight is 324 g/mol. The highest BCUT2D eigenvalue weighted by molar-refractivity contribution is 9.08. The molecule has 0 aliphatic rings. The zero-order valence-corrected chi connectivity index (χ0v) is 12.1. The number of alkyl halides is 1. The molecule has 0 aliphatic carbocycles.